The normalized spacial score (nSPS) is 25.4. The van der Waals surface area contributed by atoms with Crippen molar-refractivity contribution in [3.05, 3.63) is 114 Å². The minimum atomic E-state index is -0.408. The highest BCUT2D eigenvalue weighted by Crippen LogP contribution is 2.50. The number of aryl methyl sites for hydroxylation is 1. The Morgan fingerprint density at radius 3 is 1.50 bits per heavy atom. The Bertz CT molecular complexity index is 1050. The maximum absolute atomic E-state index is 13.7. The molecule has 1 fully saturated rings. The van der Waals surface area contributed by atoms with Gasteiger partial charge in [0, 0.05) is 11.8 Å². The highest BCUT2D eigenvalue weighted by Gasteiger charge is 2.55. The van der Waals surface area contributed by atoms with Crippen molar-refractivity contribution >= 4 is 17.5 Å². The van der Waals surface area contributed by atoms with Crippen LogP contribution in [0, 0.1) is 18.8 Å². The van der Waals surface area contributed by atoms with E-state index in [4.69, 9.17) is 0 Å². The van der Waals surface area contributed by atoms with Crippen LogP contribution in [0.5, 0.6) is 0 Å². The highest BCUT2D eigenvalue weighted by atomic mass is 16.2. The van der Waals surface area contributed by atoms with Crippen molar-refractivity contribution in [1.29, 1.82) is 0 Å². The fourth-order valence-electron chi connectivity index (χ4n) is 4.99. The Morgan fingerprint density at radius 1 is 0.600 bits per heavy atom. The average molecular weight is 393 g/mol. The van der Waals surface area contributed by atoms with Crippen LogP contribution in [-0.4, -0.2) is 11.8 Å². The molecule has 3 nitrogen and oxygen atoms in total. The molecular formula is C27H23NO2. The number of hydrogen-bond donors (Lipinski definition) is 0. The van der Waals surface area contributed by atoms with Gasteiger partial charge in [-0.1, -0.05) is 91.0 Å². The molecule has 1 heterocycles. The van der Waals surface area contributed by atoms with Gasteiger partial charge in [-0.15, -0.1) is 0 Å². The van der Waals surface area contributed by atoms with Crippen molar-refractivity contribution in [2.24, 2.45) is 11.8 Å². The average Bonchev–Trinajstić information content (AvgIpc) is 3.06. The number of carbonyl (C=O) groups excluding carboxylic acids is 2. The summed E-state index contributed by atoms with van der Waals surface area (Å²) >= 11 is 0. The molecule has 1 aliphatic heterocycles. The van der Waals surface area contributed by atoms with Gasteiger partial charge in [-0.3, -0.25) is 9.59 Å². The zero-order chi connectivity index (χ0) is 20.7. The van der Waals surface area contributed by atoms with E-state index in [9.17, 15) is 9.59 Å². The number of nitrogens with zero attached hydrogens (tertiary/aromatic N) is 1. The lowest BCUT2D eigenvalue weighted by Gasteiger charge is -2.32. The molecule has 5 rings (SSSR count). The maximum Gasteiger partial charge on any atom is 0.238 e. The molecule has 148 valence electrons. The first-order chi connectivity index (χ1) is 14.7. The number of anilines is 1. The van der Waals surface area contributed by atoms with E-state index in [1.54, 1.807) is 0 Å². The first-order valence-electron chi connectivity index (χ1n) is 10.4. The lowest BCUT2D eigenvalue weighted by molar-refractivity contribution is -0.122. The zero-order valence-corrected chi connectivity index (χ0v) is 16.8. The van der Waals surface area contributed by atoms with Crippen molar-refractivity contribution in [3.8, 4) is 0 Å². The first-order valence-corrected chi connectivity index (χ1v) is 10.4. The fraction of sp³-hybridized carbons (Fsp3) is 0.185. The quantitative estimate of drug-likeness (QED) is 0.451. The predicted octanol–water partition coefficient (Wildman–Crippen LogP) is 5.24. The number of carbonyl (C=O) groups is 2. The van der Waals surface area contributed by atoms with Gasteiger partial charge >= 0.3 is 0 Å². The number of hydrogen-bond acceptors (Lipinski definition) is 2. The SMILES string of the molecule is Cc1ccccc1N1C(=O)[C@@H]2[C@H](C1=O)[C@@H](c1ccccc1)C=C[C@H]2c1ccccc1. The van der Waals surface area contributed by atoms with Crippen LogP contribution in [0.25, 0.3) is 0 Å². The van der Waals surface area contributed by atoms with Gasteiger partial charge in [0.05, 0.1) is 17.5 Å². The molecular weight excluding hydrogens is 370 g/mol. The van der Waals surface area contributed by atoms with E-state index in [0.29, 0.717) is 5.69 Å². The molecule has 0 radical (unpaired) electrons. The summed E-state index contributed by atoms with van der Waals surface area (Å²) in [6.07, 6.45) is 4.25. The molecule has 1 saturated heterocycles. The lowest BCUT2D eigenvalue weighted by atomic mass is 9.68. The van der Waals surface area contributed by atoms with Gasteiger partial charge in [0.2, 0.25) is 11.8 Å². The molecule has 0 spiro atoms. The largest absolute Gasteiger partial charge is 0.274 e. The number of fused-ring (bicyclic) bond motifs is 1. The monoisotopic (exact) mass is 393 g/mol. The van der Waals surface area contributed by atoms with Crippen molar-refractivity contribution in [2.75, 3.05) is 4.90 Å². The van der Waals surface area contributed by atoms with E-state index in [0.717, 1.165) is 16.7 Å². The molecule has 4 atom stereocenters. The van der Waals surface area contributed by atoms with Crippen LogP contribution in [-0.2, 0) is 9.59 Å². The van der Waals surface area contributed by atoms with Crippen molar-refractivity contribution in [3.63, 3.8) is 0 Å². The molecule has 2 amide bonds. The van der Waals surface area contributed by atoms with E-state index in [1.165, 1.54) is 4.90 Å². The standard InChI is InChI=1S/C27H23NO2/c1-18-10-8-9-15-23(18)28-26(29)24-21(19-11-4-2-5-12-19)16-17-22(25(24)27(28)30)20-13-6-3-7-14-20/h2-17,21-22,24-25H,1H3/t21-,22+,24-,25+. The number of benzene rings is 3. The van der Waals surface area contributed by atoms with Gasteiger partial charge < -0.3 is 0 Å². The molecule has 0 bridgehead atoms. The molecule has 3 heteroatoms. The Kier molecular flexibility index (Phi) is 4.59. The molecule has 30 heavy (non-hydrogen) atoms. The molecule has 3 aromatic rings. The van der Waals surface area contributed by atoms with Gasteiger partial charge in [0.15, 0.2) is 0 Å². The second-order valence-corrected chi connectivity index (χ2v) is 8.11. The highest BCUT2D eigenvalue weighted by molar-refractivity contribution is 6.23. The van der Waals surface area contributed by atoms with E-state index in [2.05, 4.69) is 12.2 Å². The zero-order valence-electron chi connectivity index (χ0n) is 16.8. The molecule has 0 N–H and O–H groups in total. The molecule has 3 aromatic carbocycles. The van der Waals surface area contributed by atoms with Crippen LogP contribution in [0.4, 0.5) is 5.69 Å². The Morgan fingerprint density at radius 2 is 1.03 bits per heavy atom. The first kappa shape index (κ1) is 18.6. The predicted molar refractivity (Wildman–Crippen MR) is 118 cm³/mol. The van der Waals surface area contributed by atoms with Crippen LogP contribution in [0.1, 0.15) is 28.5 Å². The number of amides is 2. The summed E-state index contributed by atoms with van der Waals surface area (Å²) in [5, 5.41) is 0. The summed E-state index contributed by atoms with van der Waals surface area (Å²) in [5.41, 5.74) is 3.77. The van der Waals surface area contributed by atoms with Crippen molar-refractivity contribution in [1.82, 2.24) is 0 Å². The topological polar surface area (TPSA) is 37.4 Å². The minimum Gasteiger partial charge on any atom is -0.274 e. The van der Waals surface area contributed by atoms with Gasteiger partial charge in [-0.2, -0.15) is 0 Å². The van der Waals surface area contributed by atoms with E-state index >= 15 is 0 Å². The van der Waals surface area contributed by atoms with Gasteiger partial charge in [0.1, 0.15) is 0 Å². The smallest absolute Gasteiger partial charge is 0.238 e. The molecule has 0 saturated carbocycles. The van der Waals surface area contributed by atoms with Crippen LogP contribution in [0.3, 0.4) is 0 Å². The summed E-state index contributed by atoms with van der Waals surface area (Å²) in [5.74, 6) is -1.23. The maximum atomic E-state index is 13.7. The van der Waals surface area contributed by atoms with Crippen molar-refractivity contribution < 1.29 is 9.59 Å². The van der Waals surface area contributed by atoms with E-state index in [1.807, 2.05) is 91.9 Å². The van der Waals surface area contributed by atoms with Crippen LogP contribution < -0.4 is 4.90 Å². The minimum absolute atomic E-state index is 0.0987. The van der Waals surface area contributed by atoms with Gasteiger partial charge in [-0.25, -0.2) is 4.90 Å². The van der Waals surface area contributed by atoms with E-state index in [-0.39, 0.29) is 23.7 Å². The third-order valence-electron chi connectivity index (χ3n) is 6.42. The number of rotatable bonds is 3. The van der Waals surface area contributed by atoms with Gasteiger partial charge in [-0.05, 0) is 29.7 Å². The van der Waals surface area contributed by atoms with Gasteiger partial charge in [0.25, 0.3) is 0 Å². The second-order valence-electron chi connectivity index (χ2n) is 8.11. The summed E-state index contributed by atoms with van der Waals surface area (Å²) < 4.78 is 0. The van der Waals surface area contributed by atoms with Crippen molar-refractivity contribution in [2.45, 2.75) is 18.8 Å². The summed E-state index contributed by atoms with van der Waals surface area (Å²) in [4.78, 5) is 28.9. The number of imide groups is 1. The fourth-order valence-corrected chi connectivity index (χ4v) is 4.99. The summed E-state index contributed by atoms with van der Waals surface area (Å²) in [6.45, 7) is 1.94. The van der Waals surface area contributed by atoms with Crippen LogP contribution in [0.15, 0.2) is 97.1 Å². The summed E-state index contributed by atoms with van der Waals surface area (Å²) in [6, 6.07) is 27.7. The third-order valence-corrected chi connectivity index (χ3v) is 6.42. The summed E-state index contributed by atoms with van der Waals surface area (Å²) in [7, 11) is 0. The lowest BCUT2D eigenvalue weighted by Crippen LogP contribution is -2.32. The Labute approximate surface area is 176 Å². The number of allylic oxidation sites excluding steroid dienone is 2. The molecule has 0 unspecified atom stereocenters. The number of para-hydroxylation sites is 1. The van der Waals surface area contributed by atoms with Crippen LogP contribution in [0.2, 0.25) is 0 Å². The van der Waals surface area contributed by atoms with Crippen LogP contribution >= 0.6 is 0 Å². The molecule has 2 aliphatic rings. The molecule has 1 aliphatic carbocycles. The molecule has 0 aromatic heterocycles. The second kappa shape index (κ2) is 7.42. The Hall–Kier alpha value is -3.46. The van der Waals surface area contributed by atoms with E-state index < -0.39 is 11.8 Å². The Balaban J connectivity index is 1.65. The third kappa shape index (κ3) is 2.89.